The molecule has 0 aromatic heterocycles. The average molecular weight is 1100 g/mol. The van der Waals surface area contributed by atoms with E-state index in [9.17, 15) is 14.7 Å². The first-order valence-electron chi connectivity index (χ1n) is 33.0. The molecule has 0 aliphatic heterocycles. The quantitative estimate of drug-likeness (QED) is 0.0373. The summed E-state index contributed by atoms with van der Waals surface area (Å²) in [6.07, 6.45) is 105. The van der Waals surface area contributed by atoms with Crippen LogP contribution >= 0.6 is 0 Å². The fourth-order valence-corrected chi connectivity index (χ4v) is 8.95. The third-order valence-corrected chi connectivity index (χ3v) is 13.8. The van der Waals surface area contributed by atoms with E-state index in [1.807, 2.05) is 0 Å². The molecular weight excluding hydrogens is 981 g/mol. The largest absolute Gasteiger partial charge is 0.462 e. The summed E-state index contributed by atoms with van der Waals surface area (Å²) >= 11 is 0. The van der Waals surface area contributed by atoms with Crippen LogP contribution in [0, 0.1) is 0 Å². The highest BCUT2D eigenvalue weighted by molar-refractivity contribution is 5.70. The van der Waals surface area contributed by atoms with E-state index in [-0.39, 0.29) is 25.2 Å². The van der Waals surface area contributed by atoms with Crippen molar-refractivity contribution < 1.29 is 24.2 Å². The molecule has 0 rings (SSSR count). The van der Waals surface area contributed by atoms with Crippen molar-refractivity contribution in [2.45, 2.75) is 290 Å². The maximum atomic E-state index is 12.3. The van der Waals surface area contributed by atoms with Crippen LogP contribution in [0.25, 0.3) is 0 Å². The van der Waals surface area contributed by atoms with Crippen LogP contribution < -0.4 is 0 Å². The van der Waals surface area contributed by atoms with Crippen LogP contribution in [0.5, 0.6) is 0 Å². The molecule has 0 fully saturated rings. The van der Waals surface area contributed by atoms with E-state index in [4.69, 9.17) is 9.47 Å². The third kappa shape index (κ3) is 66.0. The van der Waals surface area contributed by atoms with Crippen LogP contribution in [0.4, 0.5) is 0 Å². The summed E-state index contributed by atoms with van der Waals surface area (Å²) in [7, 11) is 0. The lowest BCUT2D eigenvalue weighted by Gasteiger charge is -2.15. The minimum atomic E-state index is -0.801. The van der Waals surface area contributed by atoms with Gasteiger partial charge in [-0.3, -0.25) is 9.59 Å². The van der Waals surface area contributed by atoms with Crippen LogP contribution in [0.2, 0.25) is 0 Å². The Labute approximate surface area is 494 Å². The zero-order chi connectivity index (χ0) is 57.6. The summed E-state index contributed by atoms with van der Waals surface area (Å²) in [5.41, 5.74) is 0. The summed E-state index contributed by atoms with van der Waals surface area (Å²) < 4.78 is 10.7. The molecule has 0 aliphatic carbocycles. The number of ether oxygens (including phenoxy) is 2. The maximum absolute atomic E-state index is 12.3. The fraction of sp³-hybridized carbons (Fsp3) is 0.627. The average Bonchev–Trinajstić information content (AvgIpc) is 3.46. The van der Waals surface area contributed by atoms with Crippen molar-refractivity contribution in [2.24, 2.45) is 0 Å². The lowest BCUT2D eigenvalue weighted by atomic mass is 10.0. The van der Waals surface area contributed by atoms with Crippen LogP contribution in [0.1, 0.15) is 284 Å². The molecular formula is C75H122O5. The number of unbranched alkanes of at least 4 members (excludes halogenated alkanes) is 25. The topological polar surface area (TPSA) is 72.8 Å². The second-order valence-corrected chi connectivity index (χ2v) is 21.4. The summed E-state index contributed by atoms with van der Waals surface area (Å²) in [6.45, 7) is 3.90. The molecule has 0 bridgehead atoms. The van der Waals surface area contributed by atoms with Crippen molar-refractivity contribution in [2.75, 3.05) is 13.2 Å². The lowest BCUT2D eigenvalue weighted by Crippen LogP contribution is -2.28. The van der Waals surface area contributed by atoms with E-state index in [0.717, 1.165) is 128 Å². The van der Waals surface area contributed by atoms with Gasteiger partial charge < -0.3 is 14.6 Å². The van der Waals surface area contributed by atoms with Gasteiger partial charge in [0, 0.05) is 12.8 Å². The van der Waals surface area contributed by atoms with Gasteiger partial charge in [0.05, 0.1) is 6.61 Å². The number of aliphatic hydroxyl groups is 1. The molecule has 5 heteroatoms. The molecule has 1 atom stereocenters. The molecule has 0 saturated carbocycles. The Bertz CT molecular complexity index is 1730. The predicted molar refractivity (Wildman–Crippen MR) is 352 cm³/mol. The van der Waals surface area contributed by atoms with Gasteiger partial charge in [0.15, 0.2) is 6.10 Å². The molecule has 5 nitrogen and oxygen atoms in total. The van der Waals surface area contributed by atoms with Crippen LogP contribution in [0.15, 0.2) is 158 Å². The fourth-order valence-electron chi connectivity index (χ4n) is 8.95. The van der Waals surface area contributed by atoms with Crippen molar-refractivity contribution in [3.63, 3.8) is 0 Å². The summed E-state index contributed by atoms with van der Waals surface area (Å²) in [6, 6.07) is 0. The summed E-state index contributed by atoms with van der Waals surface area (Å²) in [4.78, 5) is 24.6. The number of rotatable bonds is 59. The molecule has 0 saturated heterocycles. The van der Waals surface area contributed by atoms with Gasteiger partial charge in [0.2, 0.25) is 0 Å². The Balaban J connectivity index is 3.55. The highest BCUT2D eigenvalue weighted by Gasteiger charge is 2.16. The zero-order valence-corrected chi connectivity index (χ0v) is 51.8. The highest BCUT2D eigenvalue weighted by atomic mass is 16.6. The van der Waals surface area contributed by atoms with Crippen molar-refractivity contribution in [3.05, 3.63) is 158 Å². The second-order valence-electron chi connectivity index (χ2n) is 21.4. The first-order valence-corrected chi connectivity index (χ1v) is 33.0. The SMILES string of the molecule is CC/C=C\C/C=C\C/C=C\C/C=C\C/C=C\C/C=C\C/C=C\C/C=C\C/C=C\CCCCCC(=O)OC(CO)COC(=O)CCCCCCCCCCCCCCCCCCCCCCCC/C=C\C/C=C\C/C=C\C/C=C\CC. The summed E-state index contributed by atoms with van der Waals surface area (Å²) in [5, 5.41) is 9.69. The molecule has 0 aromatic carbocycles. The predicted octanol–water partition coefficient (Wildman–Crippen LogP) is 23.1. The Morgan fingerprint density at radius 1 is 0.287 bits per heavy atom. The molecule has 1 N–H and O–H groups in total. The number of allylic oxidation sites excluding steroid dienone is 26. The Kier molecular flexibility index (Phi) is 64.9. The molecule has 0 heterocycles. The van der Waals surface area contributed by atoms with E-state index >= 15 is 0 Å². The molecule has 0 amide bonds. The standard InChI is InChI=1S/C75H122O5/c1-3-5-7-9-11-13-15-17-19-21-23-25-27-29-31-33-35-36-37-38-40-41-43-45-47-49-51-53-55-57-59-61-63-65-67-69-74(77)79-72-73(71-76)80-75(78)70-68-66-64-62-60-58-56-54-52-50-48-46-44-42-39-34-32-30-28-26-24-22-20-18-16-14-12-10-8-6-4-2/h5-8,11-14,17-20,23-26,30,32,39,42,46,48,52,54,58,60,73,76H,3-4,9-10,15-16,21-22,27-29,31,33-38,40-41,43-45,47,49-51,53,55-57,59,61-72H2,1-2H3/b7-5-,8-6-,13-11-,14-12-,19-17-,20-18-,25-23-,26-24-,32-30-,42-39-,48-46-,54-52-,60-58-. The van der Waals surface area contributed by atoms with Gasteiger partial charge in [-0.15, -0.1) is 0 Å². The Morgan fingerprint density at radius 3 is 0.762 bits per heavy atom. The van der Waals surface area contributed by atoms with E-state index in [2.05, 4.69) is 172 Å². The van der Waals surface area contributed by atoms with E-state index in [1.54, 1.807) is 0 Å². The van der Waals surface area contributed by atoms with Gasteiger partial charge in [0.25, 0.3) is 0 Å². The van der Waals surface area contributed by atoms with Gasteiger partial charge in [-0.2, -0.15) is 0 Å². The molecule has 452 valence electrons. The lowest BCUT2D eigenvalue weighted by molar-refractivity contribution is -0.161. The summed E-state index contributed by atoms with van der Waals surface area (Å²) in [5.74, 6) is -0.630. The number of aliphatic hydroxyl groups excluding tert-OH is 1. The number of carbonyl (C=O) groups excluding carboxylic acids is 2. The molecule has 0 spiro atoms. The number of hydrogen-bond acceptors (Lipinski definition) is 5. The van der Waals surface area contributed by atoms with Gasteiger partial charge >= 0.3 is 11.9 Å². The minimum Gasteiger partial charge on any atom is -0.462 e. The number of carbonyl (C=O) groups is 2. The van der Waals surface area contributed by atoms with E-state index in [1.165, 1.54) is 128 Å². The normalized spacial score (nSPS) is 13.3. The van der Waals surface area contributed by atoms with Crippen LogP contribution in [-0.4, -0.2) is 36.4 Å². The Morgan fingerprint density at radius 2 is 0.500 bits per heavy atom. The van der Waals surface area contributed by atoms with Crippen molar-refractivity contribution in [1.82, 2.24) is 0 Å². The first-order chi connectivity index (χ1) is 39.6. The molecule has 1 unspecified atom stereocenters. The third-order valence-electron chi connectivity index (χ3n) is 13.8. The first kappa shape index (κ1) is 75.5. The molecule has 80 heavy (non-hydrogen) atoms. The maximum Gasteiger partial charge on any atom is 0.306 e. The van der Waals surface area contributed by atoms with Gasteiger partial charge in [-0.05, 0) is 122 Å². The van der Waals surface area contributed by atoms with Crippen LogP contribution in [-0.2, 0) is 19.1 Å². The molecule has 0 aromatic rings. The van der Waals surface area contributed by atoms with Crippen LogP contribution in [0.3, 0.4) is 0 Å². The Hall–Kier alpha value is -4.48. The second kappa shape index (κ2) is 68.8. The van der Waals surface area contributed by atoms with Gasteiger partial charge in [0.1, 0.15) is 6.61 Å². The zero-order valence-electron chi connectivity index (χ0n) is 51.8. The number of hydrogen-bond donors (Lipinski definition) is 1. The van der Waals surface area contributed by atoms with Crippen molar-refractivity contribution >= 4 is 11.9 Å². The molecule has 0 aliphatic rings. The molecule has 0 radical (unpaired) electrons. The minimum absolute atomic E-state index is 0.0865. The van der Waals surface area contributed by atoms with E-state index in [0.29, 0.717) is 12.8 Å². The van der Waals surface area contributed by atoms with Gasteiger partial charge in [-0.25, -0.2) is 0 Å². The smallest absolute Gasteiger partial charge is 0.306 e. The van der Waals surface area contributed by atoms with Crippen molar-refractivity contribution in [3.8, 4) is 0 Å². The van der Waals surface area contributed by atoms with Crippen molar-refractivity contribution in [1.29, 1.82) is 0 Å². The highest BCUT2D eigenvalue weighted by Crippen LogP contribution is 2.17. The monoisotopic (exact) mass is 1100 g/mol. The number of esters is 2. The van der Waals surface area contributed by atoms with E-state index < -0.39 is 6.10 Å². The van der Waals surface area contributed by atoms with Gasteiger partial charge in [-0.1, -0.05) is 307 Å².